The maximum Gasteiger partial charge on any atom is 0.0992 e. The molecular weight excluding hydrogens is 184 g/mol. The first-order valence-electron chi connectivity index (χ1n) is 5.44. The van der Waals surface area contributed by atoms with Crippen molar-refractivity contribution in [3.63, 3.8) is 0 Å². The predicted octanol–water partition coefficient (Wildman–Crippen LogP) is 3.47. The molecule has 15 heavy (non-hydrogen) atoms. The van der Waals surface area contributed by atoms with Gasteiger partial charge in [0.25, 0.3) is 0 Å². The van der Waals surface area contributed by atoms with Crippen LogP contribution in [0.25, 0.3) is 0 Å². The molecule has 1 rings (SSSR count). The Bertz CT molecular complexity index is 363. The molecule has 0 aliphatic carbocycles. The van der Waals surface area contributed by atoms with Gasteiger partial charge < -0.3 is 5.32 Å². The largest absolute Gasteiger partial charge is 0.382 e. The number of nitrogens with zero attached hydrogens (tertiary/aromatic N) is 1. The molecule has 0 bridgehead atoms. The van der Waals surface area contributed by atoms with Gasteiger partial charge >= 0.3 is 0 Å². The van der Waals surface area contributed by atoms with Crippen LogP contribution < -0.4 is 5.32 Å². The van der Waals surface area contributed by atoms with Crippen molar-refractivity contribution in [2.45, 2.75) is 39.7 Å². The standard InChI is InChI=1S/C13H18N2/c1-4-5-11(3)15-13-8-12(9-14)7-6-10(13)2/h6-8,11,15H,4-5H2,1-3H3/t11-/m1/s1. The van der Waals surface area contributed by atoms with Crippen molar-refractivity contribution in [1.82, 2.24) is 0 Å². The summed E-state index contributed by atoms with van der Waals surface area (Å²) in [6.45, 7) is 6.40. The van der Waals surface area contributed by atoms with E-state index in [1.165, 1.54) is 12.0 Å². The molecule has 1 aromatic carbocycles. The normalized spacial score (nSPS) is 11.9. The SMILES string of the molecule is CCC[C@@H](C)Nc1cc(C#N)ccc1C. The van der Waals surface area contributed by atoms with Gasteiger partial charge in [0.1, 0.15) is 0 Å². The highest BCUT2D eigenvalue weighted by Crippen LogP contribution is 2.18. The molecule has 0 aromatic heterocycles. The van der Waals surface area contributed by atoms with Crippen LogP contribution in [0.15, 0.2) is 18.2 Å². The molecule has 0 heterocycles. The molecule has 0 saturated heterocycles. The Balaban J connectivity index is 2.80. The summed E-state index contributed by atoms with van der Waals surface area (Å²) in [5.41, 5.74) is 2.98. The van der Waals surface area contributed by atoms with Gasteiger partial charge in [-0.25, -0.2) is 0 Å². The van der Waals surface area contributed by atoms with Crippen LogP contribution in [0.5, 0.6) is 0 Å². The van der Waals surface area contributed by atoms with Crippen LogP contribution in [0.3, 0.4) is 0 Å². The quantitative estimate of drug-likeness (QED) is 0.811. The Labute approximate surface area is 91.9 Å². The minimum Gasteiger partial charge on any atom is -0.382 e. The van der Waals surface area contributed by atoms with Gasteiger partial charge in [-0.2, -0.15) is 5.26 Å². The average Bonchev–Trinajstić information content (AvgIpc) is 2.21. The van der Waals surface area contributed by atoms with E-state index in [0.29, 0.717) is 11.6 Å². The number of rotatable bonds is 4. The minimum atomic E-state index is 0.461. The lowest BCUT2D eigenvalue weighted by Crippen LogP contribution is -2.15. The van der Waals surface area contributed by atoms with Crippen LogP contribution in [0.1, 0.15) is 37.8 Å². The molecule has 2 nitrogen and oxygen atoms in total. The topological polar surface area (TPSA) is 35.8 Å². The van der Waals surface area contributed by atoms with Crippen molar-refractivity contribution < 1.29 is 0 Å². The van der Waals surface area contributed by atoms with E-state index in [-0.39, 0.29) is 0 Å². The highest BCUT2D eigenvalue weighted by Gasteiger charge is 2.04. The zero-order valence-electron chi connectivity index (χ0n) is 9.67. The summed E-state index contributed by atoms with van der Waals surface area (Å²) in [5.74, 6) is 0. The molecule has 0 fully saturated rings. The molecule has 0 radical (unpaired) electrons. The molecule has 0 spiro atoms. The van der Waals surface area contributed by atoms with Gasteiger partial charge in [-0.3, -0.25) is 0 Å². The number of hydrogen-bond donors (Lipinski definition) is 1. The van der Waals surface area contributed by atoms with Crippen molar-refractivity contribution in [3.05, 3.63) is 29.3 Å². The Kier molecular flexibility index (Phi) is 4.17. The third kappa shape index (κ3) is 3.28. The van der Waals surface area contributed by atoms with Crippen LogP contribution in [-0.2, 0) is 0 Å². The van der Waals surface area contributed by atoms with E-state index in [9.17, 15) is 0 Å². The summed E-state index contributed by atoms with van der Waals surface area (Å²) >= 11 is 0. The molecule has 0 unspecified atom stereocenters. The highest BCUT2D eigenvalue weighted by atomic mass is 14.9. The summed E-state index contributed by atoms with van der Waals surface area (Å²) in [6.07, 6.45) is 2.32. The molecule has 1 atom stereocenters. The van der Waals surface area contributed by atoms with Gasteiger partial charge in [0.2, 0.25) is 0 Å². The first kappa shape index (κ1) is 11.6. The van der Waals surface area contributed by atoms with Crippen LogP contribution in [-0.4, -0.2) is 6.04 Å². The number of nitrogens with one attached hydrogen (secondary N) is 1. The first-order valence-corrected chi connectivity index (χ1v) is 5.44. The van der Waals surface area contributed by atoms with Crippen molar-refractivity contribution in [2.24, 2.45) is 0 Å². The minimum absolute atomic E-state index is 0.461. The third-order valence-electron chi connectivity index (χ3n) is 2.49. The highest BCUT2D eigenvalue weighted by molar-refractivity contribution is 5.55. The van der Waals surface area contributed by atoms with Crippen LogP contribution in [0.2, 0.25) is 0 Å². The second-order valence-corrected chi connectivity index (χ2v) is 3.98. The maximum atomic E-state index is 8.81. The van der Waals surface area contributed by atoms with Crippen molar-refractivity contribution in [2.75, 3.05) is 5.32 Å². The monoisotopic (exact) mass is 202 g/mol. The Hall–Kier alpha value is -1.49. The fraction of sp³-hybridized carbons (Fsp3) is 0.462. The van der Waals surface area contributed by atoms with E-state index in [2.05, 4.69) is 32.2 Å². The second kappa shape index (κ2) is 5.41. The van der Waals surface area contributed by atoms with E-state index in [4.69, 9.17) is 5.26 Å². The van der Waals surface area contributed by atoms with E-state index >= 15 is 0 Å². The zero-order valence-corrected chi connectivity index (χ0v) is 9.67. The summed E-state index contributed by atoms with van der Waals surface area (Å²) in [6, 6.07) is 8.38. The molecule has 0 saturated carbocycles. The fourth-order valence-corrected chi connectivity index (χ4v) is 1.62. The first-order chi connectivity index (χ1) is 7.17. The van der Waals surface area contributed by atoms with E-state index in [0.717, 1.165) is 12.1 Å². The van der Waals surface area contributed by atoms with Crippen LogP contribution >= 0.6 is 0 Å². The predicted molar refractivity (Wildman–Crippen MR) is 63.9 cm³/mol. The number of anilines is 1. The molecule has 2 heteroatoms. The molecule has 0 aliphatic rings. The molecular formula is C13H18N2. The van der Waals surface area contributed by atoms with Gasteiger partial charge in [-0.15, -0.1) is 0 Å². The molecule has 1 aromatic rings. The van der Waals surface area contributed by atoms with Crippen molar-refractivity contribution in [3.8, 4) is 6.07 Å². The molecule has 0 aliphatic heterocycles. The van der Waals surface area contributed by atoms with Gasteiger partial charge in [0.15, 0.2) is 0 Å². The number of nitriles is 1. The van der Waals surface area contributed by atoms with Crippen LogP contribution in [0.4, 0.5) is 5.69 Å². The Morgan fingerprint density at radius 1 is 1.47 bits per heavy atom. The fourth-order valence-electron chi connectivity index (χ4n) is 1.62. The molecule has 0 amide bonds. The van der Waals surface area contributed by atoms with Gasteiger partial charge in [0.05, 0.1) is 11.6 Å². The smallest absolute Gasteiger partial charge is 0.0992 e. The summed E-state index contributed by atoms with van der Waals surface area (Å²) in [5, 5.41) is 12.2. The summed E-state index contributed by atoms with van der Waals surface area (Å²) in [4.78, 5) is 0. The van der Waals surface area contributed by atoms with E-state index in [1.807, 2.05) is 18.2 Å². The zero-order chi connectivity index (χ0) is 11.3. The Morgan fingerprint density at radius 3 is 2.80 bits per heavy atom. The average molecular weight is 202 g/mol. The van der Waals surface area contributed by atoms with Crippen molar-refractivity contribution >= 4 is 5.69 Å². The lowest BCUT2D eigenvalue weighted by Gasteiger charge is -2.16. The number of benzene rings is 1. The molecule has 80 valence electrons. The maximum absolute atomic E-state index is 8.81. The number of hydrogen-bond acceptors (Lipinski definition) is 2. The summed E-state index contributed by atoms with van der Waals surface area (Å²) < 4.78 is 0. The lowest BCUT2D eigenvalue weighted by atomic mass is 10.1. The van der Waals surface area contributed by atoms with Crippen LogP contribution in [0, 0.1) is 18.3 Å². The van der Waals surface area contributed by atoms with Gasteiger partial charge in [0, 0.05) is 11.7 Å². The lowest BCUT2D eigenvalue weighted by molar-refractivity contribution is 0.690. The molecule has 1 N–H and O–H groups in total. The van der Waals surface area contributed by atoms with E-state index < -0.39 is 0 Å². The summed E-state index contributed by atoms with van der Waals surface area (Å²) in [7, 11) is 0. The van der Waals surface area contributed by atoms with Crippen molar-refractivity contribution in [1.29, 1.82) is 5.26 Å². The number of aryl methyl sites for hydroxylation is 1. The second-order valence-electron chi connectivity index (χ2n) is 3.98. The van der Waals surface area contributed by atoms with Gasteiger partial charge in [-0.1, -0.05) is 19.4 Å². The Morgan fingerprint density at radius 2 is 2.20 bits per heavy atom. The third-order valence-corrected chi connectivity index (χ3v) is 2.49. The van der Waals surface area contributed by atoms with Gasteiger partial charge in [-0.05, 0) is 38.0 Å². The van der Waals surface area contributed by atoms with E-state index in [1.54, 1.807) is 0 Å².